The van der Waals surface area contributed by atoms with Crippen LogP contribution in [0.15, 0.2) is 29.1 Å². The summed E-state index contributed by atoms with van der Waals surface area (Å²) in [7, 11) is 0. The molecular weight excluding hydrogens is 162 g/mol. The zero-order chi connectivity index (χ0) is 9.42. The van der Waals surface area contributed by atoms with Crippen molar-refractivity contribution in [1.29, 1.82) is 0 Å². The number of aromatic amines is 1. The number of aromatic nitrogens is 1. The molecule has 1 heterocycles. The highest BCUT2D eigenvalue weighted by Crippen LogP contribution is 2.12. The molecule has 0 aliphatic rings. The zero-order valence-corrected chi connectivity index (χ0v) is 7.72. The average molecular weight is 173 g/mol. The van der Waals surface area contributed by atoms with E-state index < -0.39 is 0 Å². The fourth-order valence-electron chi connectivity index (χ4n) is 1.44. The number of rotatable bonds is 0. The van der Waals surface area contributed by atoms with E-state index in [1.807, 2.05) is 32.0 Å². The fourth-order valence-corrected chi connectivity index (χ4v) is 1.44. The first kappa shape index (κ1) is 8.05. The molecule has 0 saturated heterocycles. The van der Waals surface area contributed by atoms with Crippen molar-refractivity contribution >= 4 is 10.9 Å². The number of hydrogen-bond acceptors (Lipinski definition) is 1. The SMILES string of the molecule is Cc1ccc2[nH]c(=O)c(C)cc2c1. The topological polar surface area (TPSA) is 32.9 Å². The Labute approximate surface area is 76.2 Å². The summed E-state index contributed by atoms with van der Waals surface area (Å²) in [6, 6.07) is 7.92. The van der Waals surface area contributed by atoms with Gasteiger partial charge in [0.2, 0.25) is 0 Å². The van der Waals surface area contributed by atoms with Gasteiger partial charge in [0.15, 0.2) is 0 Å². The van der Waals surface area contributed by atoms with Gasteiger partial charge >= 0.3 is 0 Å². The lowest BCUT2D eigenvalue weighted by atomic mass is 10.1. The maximum absolute atomic E-state index is 11.3. The molecule has 66 valence electrons. The maximum atomic E-state index is 11.3. The predicted molar refractivity (Wildman–Crippen MR) is 54.0 cm³/mol. The standard InChI is InChI=1S/C11H11NO/c1-7-3-4-10-9(5-7)6-8(2)11(13)12-10/h3-6H,1-2H3,(H,12,13). The first-order chi connectivity index (χ1) is 6.16. The van der Waals surface area contributed by atoms with Crippen molar-refractivity contribution in [2.75, 3.05) is 0 Å². The van der Waals surface area contributed by atoms with E-state index in [2.05, 4.69) is 11.1 Å². The van der Waals surface area contributed by atoms with Gasteiger partial charge in [-0.2, -0.15) is 0 Å². The van der Waals surface area contributed by atoms with E-state index in [0.29, 0.717) is 0 Å². The largest absolute Gasteiger partial charge is 0.322 e. The second kappa shape index (κ2) is 2.73. The van der Waals surface area contributed by atoms with Gasteiger partial charge in [-0.3, -0.25) is 4.79 Å². The van der Waals surface area contributed by atoms with Crippen molar-refractivity contribution in [1.82, 2.24) is 4.98 Å². The number of fused-ring (bicyclic) bond motifs is 1. The second-order valence-electron chi connectivity index (χ2n) is 3.37. The molecule has 0 fully saturated rings. The lowest BCUT2D eigenvalue weighted by Gasteiger charge is -1.99. The van der Waals surface area contributed by atoms with Crippen molar-refractivity contribution in [2.45, 2.75) is 13.8 Å². The Hall–Kier alpha value is -1.57. The minimum absolute atomic E-state index is 0.00338. The fraction of sp³-hybridized carbons (Fsp3) is 0.182. The summed E-state index contributed by atoms with van der Waals surface area (Å²) in [5.41, 5.74) is 2.87. The Balaban J connectivity index is 2.89. The number of aryl methyl sites for hydroxylation is 2. The van der Waals surface area contributed by atoms with Crippen LogP contribution in [0.1, 0.15) is 11.1 Å². The molecule has 1 N–H and O–H groups in total. The Bertz CT molecular complexity index is 511. The number of benzene rings is 1. The summed E-state index contributed by atoms with van der Waals surface area (Å²) >= 11 is 0. The van der Waals surface area contributed by atoms with Gasteiger partial charge in [-0.25, -0.2) is 0 Å². The van der Waals surface area contributed by atoms with Gasteiger partial charge in [0.25, 0.3) is 5.56 Å². The summed E-state index contributed by atoms with van der Waals surface area (Å²) in [6.07, 6.45) is 0. The molecule has 2 nitrogen and oxygen atoms in total. The molecule has 0 spiro atoms. The summed E-state index contributed by atoms with van der Waals surface area (Å²) in [5.74, 6) is 0. The van der Waals surface area contributed by atoms with Crippen LogP contribution in [-0.2, 0) is 0 Å². The van der Waals surface area contributed by atoms with Gasteiger partial charge in [-0.05, 0) is 37.4 Å². The third kappa shape index (κ3) is 1.35. The maximum Gasteiger partial charge on any atom is 0.251 e. The first-order valence-electron chi connectivity index (χ1n) is 4.27. The number of H-pyrrole nitrogens is 1. The van der Waals surface area contributed by atoms with Crippen LogP contribution in [0.4, 0.5) is 0 Å². The smallest absolute Gasteiger partial charge is 0.251 e. The summed E-state index contributed by atoms with van der Waals surface area (Å²) in [6.45, 7) is 3.86. The Morgan fingerprint density at radius 2 is 1.92 bits per heavy atom. The molecule has 13 heavy (non-hydrogen) atoms. The molecule has 0 atom stereocenters. The monoisotopic (exact) mass is 173 g/mol. The molecule has 2 rings (SSSR count). The highest BCUT2D eigenvalue weighted by molar-refractivity contribution is 5.79. The van der Waals surface area contributed by atoms with Crippen molar-refractivity contribution in [3.63, 3.8) is 0 Å². The Kier molecular flexibility index (Phi) is 1.69. The van der Waals surface area contributed by atoms with Crippen LogP contribution in [0.2, 0.25) is 0 Å². The van der Waals surface area contributed by atoms with E-state index in [0.717, 1.165) is 16.5 Å². The van der Waals surface area contributed by atoms with E-state index in [-0.39, 0.29) is 5.56 Å². The Morgan fingerprint density at radius 3 is 2.69 bits per heavy atom. The van der Waals surface area contributed by atoms with Gasteiger partial charge in [0.05, 0.1) is 0 Å². The number of nitrogens with one attached hydrogen (secondary N) is 1. The van der Waals surface area contributed by atoms with Gasteiger partial charge in [-0.15, -0.1) is 0 Å². The van der Waals surface area contributed by atoms with E-state index in [4.69, 9.17) is 0 Å². The lowest BCUT2D eigenvalue weighted by molar-refractivity contribution is 1.23. The normalized spacial score (nSPS) is 10.6. The van der Waals surface area contributed by atoms with E-state index in [1.165, 1.54) is 5.56 Å². The first-order valence-corrected chi connectivity index (χ1v) is 4.27. The molecule has 0 bridgehead atoms. The quantitative estimate of drug-likeness (QED) is 0.650. The van der Waals surface area contributed by atoms with Gasteiger partial charge < -0.3 is 4.98 Å². The van der Waals surface area contributed by atoms with E-state index >= 15 is 0 Å². The molecule has 1 aromatic carbocycles. The van der Waals surface area contributed by atoms with Crippen LogP contribution in [0, 0.1) is 13.8 Å². The molecule has 0 radical (unpaired) electrons. The van der Waals surface area contributed by atoms with Crippen LogP contribution < -0.4 is 5.56 Å². The molecule has 0 amide bonds. The third-order valence-corrected chi connectivity index (χ3v) is 2.19. The third-order valence-electron chi connectivity index (χ3n) is 2.19. The van der Waals surface area contributed by atoms with Crippen molar-refractivity contribution < 1.29 is 0 Å². The zero-order valence-electron chi connectivity index (χ0n) is 7.72. The lowest BCUT2D eigenvalue weighted by Crippen LogP contribution is -2.08. The minimum atomic E-state index is -0.00338. The second-order valence-corrected chi connectivity index (χ2v) is 3.37. The molecule has 0 saturated carbocycles. The van der Waals surface area contributed by atoms with Crippen LogP contribution in [0.25, 0.3) is 10.9 Å². The molecule has 0 unspecified atom stereocenters. The summed E-state index contributed by atoms with van der Waals surface area (Å²) < 4.78 is 0. The molecule has 0 aliphatic heterocycles. The van der Waals surface area contributed by atoms with Gasteiger partial charge in [0, 0.05) is 11.1 Å². The molecular formula is C11H11NO. The number of pyridine rings is 1. The molecule has 2 heteroatoms. The Morgan fingerprint density at radius 1 is 1.15 bits per heavy atom. The number of hydrogen-bond donors (Lipinski definition) is 1. The van der Waals surface area contributed by atoms with Crippen molar-refractivity contribution in [3.05, 3.63) is 45.7 Å². The van der Waals surface area contributed by atoms with Gasteiger partial charge in [-0.1, -0.05) is 11.6 Å². The van der Waals surface area contributed by atoms with E-state index in [1.54, 1.807) is 0 Å². The van der Waals surface area contributed by atoms with Crippen LogP contribution in [-0.4, -0.2) is 4.98 Å². The molecule has 2 aromatic rings. The van der Waals surface area contributed by atoms with Crippen LogP contribution in [0.3, 0.4) is 0 Å². The summed E-state index contributed by atoms with van der Waals surface area (Å²) in [4.78, 5) is 14.1. The highest BCUT2D eigenvalue weighted by atomic mass is 16.1. The molecule has 0 aliphatic carbocycles. The summed E-state index contributed by atoms with van der Waals surface area (Å²) in [5, 5.41) is 1.09. The molecule has 1 aromatic heterocycles. The van der Waals surface area contributed by atoms with Crippen LogP contribution in [0.5, 0.6) is 0 Å². The van der Waals surface area contributed by atoms with E-state index in [9.17, 15) is 4.79 Å². The van der Waals surface area contributed by atoms with Crippen molar-refractivity contribution in [2.24, 2.45) is 0 Å². The van der Waals surface area contributed by atoms with Gasteiger partial charge in [0.1, 0.15) is 0 Å². The average Bonchev–Trinajstić information content (AvgIpc) is 2.08. The minimum Gasteiger partial charge on any atom is -0.322 e. The predicted octanol–water partition coefficient (Wildman–Crippen LogP) is 2.14. The van der Waals surface area contributed by atoms with Crippen LogP contribution >= 0.6 is 0 Å². The highest BCUT2D eigenvalue weighted by Gasteiger charge is 1.97. The van der Waals surface area contributed by atoms with Crippen molar-refractivity contribution in [3.8, 4) is 0 Å².